The van der Waals surface area contributed by atoms with Gasteiger partial charge in [0.25, 0.3) is 0 Å². The van der Waals surface area contributed by atoms with E-state index in [1.165, 1.54) is 19.1 Å². The largest absolute Gasteiger partial charge is 0.493 e. The van der Waals surface area contributed by atoms with Gasteiger partial charge in [0.05, 0.1) is 18.6 Å². The van der Waals surface area contributed by atoms with E-state index < -0.39 is 24.1 Å². The van der Waals surface area contributed by atoms with Gasteiger partial charge in [-0.2, -0.15) is 22.0 Å². The Hall–Kier alpha value is -1.37. The fraction of sp³-hybridized carbons (Fsp3) is 0.625. The lowest BCUT2D eigenvalue weighted by Crippen LogP contribution is -2.43. The minimum atomic E-state index is -5.63. The summed E-state index contributed by atoms with van der Waals surface area (Å²) < 4.78 is 75.1. The van der Waals surface area contributed by atoms with Gasteiger partial charge in [0, 0.05) is 12.7 Å². The Morgan fingerprint density at radius 1 is 1.04 bits per heavy atom. The maximum absolute atomic E-state index is 13.5. The van der Waals surface area contributed by atoms with Crippen molar-refractivity contribution < 1.29 is 31.4 Å². The molecule has 0 bridgehead atoms. The Bertz CT molecular complexity index is 501. The molecule has 1 aromatic rings. The minimum absolute atomic E-state index is 0.169. The number of ether oxygens (including phenoxy) is 2. The summed E-state index contributed by atoms with van der Waals surface area (Å²) >= 11 is 0. The number of alkyl halides is 5. The lowest BCUT2D eigenvalue weighted by Gasteiger charge is -2.34. The zero-order valence-electron chi connectivity index (χ0n) is 13.3. The van der Waals surface area contributed by atoms with E-state index in [1.54, 1.807) is 12.1 Å². The number of hydrogen-bond donors (Lipinski definition) is 0. The topological polar surface area (TPSA) is 18.5 Å². The van der Waals surface area contributed by atoms with E-state index >= 15 is 0 Å². The predicted octanol–water partition coefficient (Wildman–Crippen LogP) is 5.31. The molecule has 0 fully saturated rings. The van der Waals surface area contributed by atoms with Gasteiger partial charge in [0.15, 0.2) is 0 Å². The lowest BCUT2D eigenvalue weighted by atomic mass is 9.88. The van der Waals surface area contributed by atoms with Crippen molar-refractivity contribution in [2.24, 2.45) is 0 Å². The minimum Gasteiger partial charge on any atom is -0.493 e. The highest BCUT2D eigenvalue weighted by atomic mass is 19.4. The molecule has 0 amide bonds. The maximum Gasteiger partial charge on any atom is 0.453 e. The second kappa shape index (κ2) is 7.47. The van der Waals surface area contributed by atoms with E-state index in [2.05, 4.69) is 0 Å². The standard InChI is InChI=1S/C16H21F5O2/c1-4-5-10-23-13-9-7-6-8-12(13)14(2,22-3)11-15(17,18)16(19,20)21/h6-9H,4-5,10-11H2,1-3H3. The molecule has 1 unspecified atom stereocenters. The Morgan fingerprint density at radius 3 is 2.17 bits per heavy atom. The number of unbranched alkanes of at least 4 members (excludes halogenated alkanes) is 1. The van der Waals surface area contributed by atoms with Gasteiger partial charge in [-0.25, -0.2) is 0 Å². The number of halogens is 5. The van der Waals surface area contributed by atoms with Gasteiger partial charge in [-0.1, -0.05) is 31.5 Å². The zero-order valence-corrected chi connectivity index (χ0v) is 13.3. The predicted molar refractivity (Wildman–Crippen MR) is 76.8 cm³/mol. The highest BCUT2D eigenvalue weighted by molar-refractivity contribution is 5.38. The van der Waals surface area contributed by atoms with Crippen LogP contribution in [0.1, 0.15) is 38.7 Å². The first-order valence-corrected chi connectivity index (χ1v) is 7.29. The van der Waals surface area contributed by atoms with Crippen LogP contribution < -0.4 is 4.74 Å². The zero-order chi connectivity index (χ0) is 17.7. The van der Waals surface area contributed by atoms with Crippen LogP contribution in [-0.2, 0) is 10.3 Å². The molecule has 0 N–H and O–H groups in total. The van der Waals surface area contributed by atoms with Crippen LogP contribution in [0, 0.1) is 0 Å². The quantitative estimate of drug-likeness (QED) is 0.471. The lowest BCUT2D eigenvalue weighted by molar-refractivity contribution is -0.298. The van der Waals surface area contributed by atoms with E-state index in [1.807, 2.05) is 6.92 Å². The van der Waals surface area contributed by atoms with Crippen molar-refractivity contribution in [2.75, 3.05) is 13.7 Å². The van der Waals surface area contributed by atoms with E-state index in [4.69, 9.17) is 9.47 Å². The van der Waals surface area contributed by atoms with Gasteiger partial charge in [0.2, 0.25) is 0 Å². The summed E-state index contributed by atoms with van der Waals surface area (Å²) in [7, 11) is 1.11. The third-order valence-corrected chi connectivity index (χ3v) is 3.64. The van der Waals surface area contributed by atoms with Crippen molar-refractivity contribution in [3.05, 3.63) is 29.8 Å². The van der Waals surface area contributed by atoms with E-state index in [0.717, 1.165) is 20.0 Å². The van der Waals surface area contributed by atoms with Crippen LogP contribution in [0.15, 0.2) is 24.3 Å². The monoisotopic (exact) mass is 340 g/mol. The fourth-order valence-electron chi connectivity index (χ4n) is 2.16. The van der Waals surface area contributed by atoms with Gasteiger partial charge >= 0.3 is 12.1 Å². The Morgan fingerprint density at radius 2 is 1.65 bits per heavy atom. The van der Waals surface area contributed by atoms with Crippen LogP contribution >= 0.6 is 0 Å². The van der Waals surface area contributed by atoms with E-state index in [0.29, 0.717) is 6.61 Å². The number of rotatable bonds is 8. The SMILES string of the molecule is CCCCOc1ccccc1C(C)(CC(F)(F)C(F)(F)F)OC. The molecule has 23 heavy (non-hydrogen) atoms. The second-order valence-corrected chi connectivity index (χ2v) is 5.51. The molecule has 0 aromatic heterocycles. The average molecular weight is 340 g/mol. The van der Waals surface area contributed by atoms with Crippen LogP contribution in [0.3, 0.4) is 0 Å². The Balaban J connectivity index is 3.13. The van der Waals surface area contributed by atoms with Gasteiger partial charge in [0.1, 0.15) is 5.75 Å². The smallest absolute Gasteiger partial charge is 0.453 e. The van der Waals surface area contributed by atoms with E-state index in [9.17, 15) is 22.0 Å². The molecule has 0 heterocycles. The maximum atomic E-state index is 13.5. The molecule has 0 aliphatic carbocycles. The van der Waals surface area contributed by atoms with Crippen molar-refractivity contribution in [1.29, 1.82) is 0 Å². The molecule has 0 aliphatic heterocycles. The number of hydrogen-bond acceptors (Lipinski definition) is 2. The van der Waals surface area contributed by atoms with Gasteiger partial charge in [-0.05, 0) is 19.4 Å². The number of para-hydroxylation sites is 1. The molecule has 1 aromatic carbocycles. The molecule has 0 spiro atoms. The van der Waals surface area contributed by atoms with Gasteiger partial charge < -0.3 is 9.47 Å². The summed E-state index contributed by atoms with van der Waals surface area (Å²) in [5, 5.41) is 0. The van der Waals surface area contributed by atoms with Crippen molar-refractivity contribution in [2.45, 2.75) is 50.8 Å². The van der Waals surface area contributed by atoms with Crippen molar-refractivity contribution >= 4 is 0 Å². The van der Waals surface area contributed by atoms with Gasteiger partial charge in [-0.3, -0.25) is 0 Å². The highest BCUT2D eigenvalue weighted by Crippen LogP contribution is 2.46. The molecule has 0 radical (unpaired) electrons. The van der Waals surface area contributed by atoms with Crippen molar-refractivity contribution in [3.63, 3.8) is 0 Å². The first-order valence-electron chi connectivity index (χ1n) is 7.29. The molecule has 0 saturated heterocycles. The third-order valence-electron chi connectivity index (χ3n) is 3.64. The second-order valence-electron chi connectivity index (χ2n) is 5.51. The first kappa shape index (κ1) is 19.7. The molecule has 1 rings (SSSR count). The van der Waals surface area contributed by atoms with Gasteiger partial charge in [-0.15, -0.1) is 0 Å². The van der Waals surface area contributed by atoms with Crippen LogP contribution in [0.2, 0.25) is 0 Å². The van der Waals surface area contributed by atoms with Crippen LogP contribution in [0.5, 0.6) is 5.75 Å². The Labute approximate surface area is 132 Å². The van der Waals surface area contributed by atoms with Crippen molar-refractivity contribution in [3.8, 4) is 5.75 Å². The third kappa shape index (κ3) is 4.80. The number of methoxy groups -OCH3 is 1. The Kier molecular flexibility index (Phi) is 6.39. The summed E-state index contributed by atoms with van der Waals surface area (Å²) in [6.07, 6.45) is -5.54. The molecule has 0 aliphatic rings. The molecule has 132 valence electrons. The van der Waals surface area contributed by atoms with Crippen LogP contribution in [-0.4, -0.2) is 25.8 Å². The summed E-state index contributed by atoms with van der Waals surface area (Å²) in [5.74, 6) is -4.61. The summed E-state index contributed by atoms with van der Waals surface area (Å²) in [6, 6.07) is 6.15. The summed E-state index contributed by atoms with van der Waals surface area (Å²) in [4.78, 5) is 0. The first-order chi connectivity index (χ1) is 10.6. The molecule has 0 saturated carbocycles. The molecule has 1 atom stereocenters. The summed E-state index contributed by atoms with van der Waals surface area (Å²) in [6.45, 7) is 3.51. The molecule has 7 heteroatoms. The molecular formula is C16H21F5O2. The van der Waals surface area contributed by atoms with Crippen LogP contribution in [0.25, 0.3) is 0 Å². The highest BCUT2D eigenvalue weighted by Gasteiger charge is 2.60. The van der Waals surface area contributed by atoms with Crippen molar-refractivity contribution in [1.82, 2.24) is 0 Å². The molecule has 2 nitrogen and oxygen atoms in total. The molecular weight excluding hydrogens is 319 g/mol. The summed E-state index contributed by atoms with van der Waals surface area (Å²) in [5.41, 5.74) is -1.66. The fourth-order valence-corrected chi connectivity index (χ4v) is 2.16. The average Bonchev–Trinajstić information content (AvgIpc) is 2.46. The van der Waals surface area contributed by atoms with Crippen LogP contribution in [0.4, 0.5) is 22.0 Å². The normalized spacial score (nSPS) is 15.3. The number of benzene rings is 1. The van der Waals surface area contributed by atoms with E-state index in [-0.39, 0.29) is 11.3 Å².